The minimum Gasteiger partial charge on any atom is -0.508 e. The summed E-state index contributed by atoms with van der Waals surface area (Å²) < 4.78 is 113. The van der Waals surface area contributed by atoms with Crippen LogP contribution in [-0.4, -0.2) is 200 Å². The average Bonchev–Trinajstić information content (AvgIpc) is 0.756. The van der Waals surface area contributed by atoms with E-state index >= 15 is 8.78 Å². The molecule has 0 spiro atoms. The Morgan fingerprint density at radius 2 is 0.889 bits per heavy atom. The number of carbonyl (C=O) groups is 2. The molecule has 536 valence electrons. The van der Waals surface area contributed by atoms with Crippen molar-refractivity contribution in [3.63, 3.8) is 0 Å². The molecule has 99 heavy (non-hydrogen) atoms. The van der Waals surface area contributed by atoms with Gasteiger partial charge in [0, 0.05) is 146 Å². The lowest BCUT2D eigenvalue weighted by molar-refractivity contribution is -0.122. The normalized spacial score (nSPS) is 21.6. The second-order valence-electron chi connectivity index (χ2n) is 28.6. The lowest BCUT2D eigenvalue weighted by Gasteiger charge is -2.47. The number of aromatic hydroxyl groups is 3. The predicted molar refractivity (Wildman–Crippen MR) is 369 cm³/mol. The number of nitrogens with zero attached hydrogens (tertiary/aromatic N) is 6. The first kappa shape index (κ1) is 74.4. The predicted octanol–water partition coefficient (Wildman–Crippen LogP) is 12.6. The Hall–Kier alpha value is -7.27. The monoisotopic (exact) mass is 1380 g/mol. The summed E-state index contributed by atoms with van der Waals surface area (Å²) in [5.74, 6) is -1.91. The van der Waals surface area contributed by atoms with Crippen molar-refractivity contribution in [1.82, 2.24) is 29.4 Å². The highest BCUT2D eigenvalue weighted by atomic mass is 19.3. The molecule has 6 aliphatic rings. The number of likely N-dealkylation sites (tertiary alicyclic amines) is 3. The second kappa shape index (κ2) is 32.6. The molecule has 6 aromatic rings. The SMILES string of the molecule is CC(=O)[C@@H](C)CN1CCc2cc(O)ccc2[C@@]1(C)c1ccc(OCCN2CC(CF)C2)cc1.CC(=O)[C@@H](C)CN1CCc2cc(O)ccc2[C@]1(C)c1ccc(OCCN2CC(CF)C2)cc1.CC(F)(F)CN1CCc2cc(O)ccc2[C@H]1c1c(F)cc(OCCN2CC(CF)C2)cc1F. The zero-order valence-electron chi connectivity index (χ0n) is 58.1. The molecule has 3 fully saturated rings. The fourth-order valence-corrected chi connectivity index (χ4v) is 14.9. The molecule has 0 aromatic heterocycles. The zero-order chi connectivity index (χ0) is 70.9. The third-order valence-corrected chi connectivity index (χ3v) is 21.0. The van der Waals surface area contributed by atoms with E-state index in [1.807, 2.05) is 67.3 Å². The van der Waals surface area contributed by atoms with Gasteiger partial charge in [0.15, 0.2) is 0 Å². The summed E-state index contributed by atoms with van der Waals surface area (Å²) in [6.45, 7) is 22.2. The van der Waals surface area contributed by atoms with Crippen LogP contribution in [0, 0.1) is 41.2 Å². The number of Topliss-reactive ketones (excluding diaryl/α,β-unsaturated/α-hetero) is 2. The van der Waals surface area contributed by atoms with Gasteiger partial charge in [-0.15, -0.1) is 0 Å². The minimum absolute atomic E-state index is 0.00502. The standard InChI is InChI=1S/2C27H35FN2O3.C24H27F5N2O2/c2*1-19(20(2)31)16-30-11-10-22-14-24(32)6-9-26(22)27(30,3)23-4-7-25(8-5-23)33-13-12-29-17-21(15-28)18-29;1-24(28,29)14-31-5-4-16-8-17(32)2-3-19(16)23(31)22-20(26)9-18(10-21(22)27)33-7-6-30-12-15(11-25)13-30/h2*4-9,14,19,21,32H,10-13,15-18H2,1-3H3;2-3,8-10,15,23,32H,4-7,11-14H2,1H3/t19-,27+;19-,27-;23-/m000/s1. The third kappa shape index (κ3) is 17.9. The molecule has 6 heterocycles. The first-order valence-electron chi connectivity index (χ1n) is 34.8. The molecule has 0 bridgehead atoms. The van der Waals surface area contributed by atoms with E-state index in [0.29, 0.717) is 63.5 Å². The molecule has 0 saturated carbocycles. The van der Waals surface area contributed by atoms with Crippen LogP contribution >= 0.6 is 0 Å². The van der Waals surface area contributed by atoms with Crippen LogP contribution in [0.15, 0.2) is 115 Å². The average molecular weight is 1380 g/mol. The molecule has 21 heteroatoms. The van der Waals surface area contributed by atoms with Gasteiger partial charge in [-0.3, -0.25) is 52.2 Å². The fourth-order valence-electron chi connectivity index (χ4n) is 14.9. The number of hydrogen-bond donors (Lipinski definition) is 3. The number of carbonyl (C=O) groups excluding carboxylic acids is 2. The molecule has 0 amide bonds. The molecule has 5 atom stereocenters. The van der Waals surface area contributed by atoms with Crippen molar-refractivity contribution in [3.05, 3.63) is 177 Å². The number of rotatable bonds is 26. The van der Waals surface area contributed by atoms with E-state index in [4.69, 9.17) is 14.2 Å². The number of ketones is 2. The quantitative estimate of drug-likeness (QED) is 0.0444. The van der Waals surface area contributed by atoms with Gasteiger partial charge in [0.05, 0.1) is 43.7 Å². The Labute approximate surface area is 578 Å². The lowest BCUT2D eigenvalue weighted by atomic mass is 9.76. The van der Waals surface area contributed by atoms with E-state index in [2.05, 4.69) is 57.7 Å². The highest BCUT2D eigenvalue weighted by molar-refractivity contribution is 5.78. The molecule has 6 aliphatic heterocycles. The van der Waals surface area contributed by atoms with E-state index < -0.39 is 41.2 Å². The third-order valence-electron chi connectivity index (χ3n) is 21.0. The highest BCUT2D eigenvalue weighted by Gasteiger charge is 2.44. The number of halogens is 7. The van der Waals surface area contributed by atoms with E-state index in [9.17, 15) is 46.9 Å². The van der Waals surface area contributed by atoms with Gasteiger partial charge < -0.3 is 29.5 Å². The summed E-state index contributed by atoms with van der Waals surface area (Å²) in [5.41, 5.74) is 6.86. The molecule has 0 radical (unpaired) electrons. The van der Waals surface area contributed by atoms with Gasteiger partial charge in [0.25, 0.3) is 5.92 Å². The Balaban J connectivity index is 0.000000161. The zero-order valence-corrected chi connectivity index (χ0v) is 58.1. The fraction of sp³-hybridized carbons (Fsp3) is 0.513. The number of ether oxygens (including phenoxy) is 3. The molecule has 0 unspecified atom stereocenters. The maximum Gasteiger partial charge on any atom is 0.257 e. The molecule has 3 N–H and O–H groups in total. The number of phenols is 3. The molecule has 14 nitrogen and oxygen atoms in total. The van der Waals surface area contributed by atoms with Gasteiger partial charge in [-0.2, -0.15) is 0 Å². The maximum atomic E-state index is 15.2. The molecule has 12 rings (SSSR count). The summed E-state index contributed by atoms with van der Waals surface area (Å²) in [6.07, 6.45) is 2.05. The van der Waals surface area contributed by atoms with Gasteiger partial charge in [0.2, 0.25) is 0 Å². The van der Waals surface area contributed by atoms with Crippen molar-refractivity contribution in [2.24, 2.45) is 29.6 Å². The van der Waals surface area contributed by atoms with E-state index in [1.165, 1.54) is 23.1 Å². The number of benzene rings is 6. The molecule has 3 saturated heterocycles. The van der Waals surface area contributed by atoms with Crippen molar-refractivity contribution in [3.8, 4) is 34.5 Å². The minimum atomic E-state index is -3.05. The van der Waals surface area contributed by atoms with Crippen LogP contribution < -0.4 is 14.2 Å². The van der Waals surface area contributed by atoms with Gasteiger partial charge >= 0.3 is 0 Å². The number of alkyl halides is 5. The summed E-state index contributed by atoms with van der Waals surface area (Å²) >= 11 is 0. The van der Waals surface area contributed by atoms with Crippen LogP contribution in [0.2, 0.25) is 0 Å². The summed E-state index contributed by atoms with van der Waals surface area (Å²) in [6, 6.07) is 33.1. The number of fused-ring (bicyclic) bond motifs is 3. The van der Waals surface area contributed by atoms with Crippen LogP contribution in [-0.2, 0) is 39.9 Å². The van der Waals surface area contributed by atoms with Gasteiger partial charge in [-0.05, 0) is 152 Å². The largest absolute Gasteiger partial charge is 0.508 e. The summed E-state index contributed by atoms with van der Waals surface area (Å²) in [7, 11) is 0. The molecule has 6 aromatic carbocycles. The Morgan fingerprint density at radius 1 is 0.525 bits per heavy atom. The lowest BCUT2D eigenvalue weighted by Crippen LogP contribution is -2.51. The Morgan fingerprint density at radius 3 is 1.26 bits per heavy atom. The number of phenolic OH excluding ortho intramolecular Hbond substituents is 3. The van der Waals surface area contributed by atoms with Crippen LogP contribution in [0.4, 0.5) is 30.7 Å². The van der Waals surface area contributed by atoms with Crippen molar-refractivity contribution in [1.29, 1.82) is 0 Å². The molecule has 0 aliphatic carbocycles. The molecular formula is C78H97F7N6O8. The second-order valence-corrected chi connectivity index (χ2v) is 28.6. The van der Waals surface area contributed by atoms with E-state index in [-0.39, 0.29) is 103 Å². The Bertz CT molecular complexity index is 3520. The first-order chi connectivity index (χ1) is 47.3. The molecular weight excluding hydrogens is 1280 g/mol. The Kier molecular flexibility index (Phi) is 24.5. The number of hydrogen-bond acceptors (Lipinski definition) is 14. The maximum absolute atomic E-state index is 15.2. The van der Waals surface area contributed by atoms with Gasteiger partial charge in [-0.1, -0.05) is 56.3 Å². The van der Waals surface area contributed by atoms with E-state index in [1.54, 1.807) is 26.0 Å². The highest BCUT2D eigenvalue weighted by Crippen LogP contribution is 2.46. The van der Waals surface area contributed by atoms with Crippen LogP contribution in [0.1, 0.15) is 105 Å². The van der Waals surface area contributed by atoms with Gasteiger partial charge in [-0.25, -0.2) is 17.6 Å². The van der Waals surface area contributed by atoms with E-state index in [0.717, 1.165) is 129 Å². The van der Waals surface area contributed by atoms with Crippen LogP contribution in [0.5, 0.6) is 34.5 Å². The summed E-state index contributed by atoms with van der Waals surface area (Å²) in [5, 5.41) is 29.8. The van der Waals surface area contributed by atoms with Crippen LogP contribution in [0.3, 0.4) is 0 Å². The van der Waals surface area contributed by atoms with Crippen molar-refractivity contribution >= 4 is 11.6 Å². The smallest absolute Gasteiger partial charge is 0.257 e. The topological polar surface area (TPSA) is 142 Å². The van der Waals surface area contributed by atoms with Crippen molar-refractivity contribution in [2.75, 3.05) is 138 Å². The van der Waals surface area contributed by atoms with Crippen molar-refractivity contribution < 1.29 is 69.9 Å². The van der Waals surface area contributed by atoms with Crippen LogP contribution in [0.25, 0.3) is 0 Å². The van der Waals surface area contributed by atoms with Crippen molar-refractivity contribution in [2.45, 2.75) is 90.8 Å². The first-order valence-corrected chi connectivity index (χ1v) is 34.8. The summed E-state index contributed by atoms with van der Waals surface area (Å²) in [4.78, 5) is 36.6. The van der Waals surface area contributed by atoms with Gasteiger partial charge in [0.1, 0.15) is 77.5 Å².